The number of ether oxygens (including phenoxy) is 1. The van der Waals surface area contributed by atoms with Crippen LogP contribution in [0.3, 0.4) is 0 Å². The minimum atomic E-state index is -1.26. The maximum absolute atomic E-state index is 14.4. The Morgan fingerprint density at radius 3 is 2.34 bits per heavy atom. The molecule has 0 aliphatic heterocycles. The number of hydrogen-bond acceptors (Lipinski definition) is 5. The number of allylic oxidation sites excluding steroid dienone is 2. The average molecular weight is 715 g/mol. The molecule has 0 unspecified atom stereocenters. The Morgan fingerprint density at radius 2 is 1.64 bits per heavy atom. The quantitative estimate of drug-likeness (QED) is 0.119. The predicted molar refractivity (Wildman–Crippen MR) is 210 cm³/mol. The smallest absolute Gasteiger partial charge is 0.318 e. The van der Waals surface area contributed by atoms with Crippen LogP contribution in [0.25, 0.3) is 0 Å². The summed E-state index contributed by atoms with van der Waals surface area (Å²) in [5, 5.41) is 27.3. The molecule has 0 radical (unpaired) electrons. The summed E-state index contributed by atoms with van der Waals surface area (Å²) in [4.78, 5) is 30.4. The van der Waals surface area contributed by atoms with E-state index in [0.717, 1.165) is 35.1 Å². The second kappa shape index (κ2) is 16.5. The first-order chi connectivity index (χ1) is 25.5. The van der Waals surface area contributed by atoms with Crippen molar-refractivity contribution in [3.05, 3.63) is 148 Å². The Labute approximate surface area is 314 Å². The zero-order chi connectivity index (χ0) is 37.6. The highest BCUT2D eigenvalue weighted by Gasteiger charge is 2.57. The Morgan fingerprint density at radius 1 is 0.943 bits per heavy atom. The second-order valence-corrected chi connectivity index (χ2v) is 15.4. The zero-order valence-electron chi connectivity index (χ0n) is 31.6. The van der Waals surface area contributed by atoms with Gasteiger partial charge in [0.05, 0.1) is 31.4 Å². The zero-order valence-corrected chi connectivity index (χ0v) is 31.6. The van der Waals surface area contributed by atoms with Gasteiger partial charge in [0.2, 0.25) is 0 Å². The van der Waals surface area contributed by atoms with E-state index < -0.39 is 17.1 Å². The average Bonchev–Trinajstić information content (AvgIpc) is 3.42. The Kier molecular flexibility index (Phi) is 11.9. The second-order valence-electron chi connectivity index (χ2n) is 15.4. The molecule has 3 aliphatic rings. The molecule has 3 N–H and O–H groups in total. The van der Waals surface area contributed by atoms with Crippen molar-refractivity contribution in [3.8, 4) is 5.75 Å². The van der Waals surface area contributed by atoms with Gasteiger partial charge in [-0.05, 0) is 117 Å². The van der Waals surface area contributed by atoms with Gasteiger partial charge in [0.15, 0.2) is 5.78 Å². The largest absolute Gasteiger partial charge is 0.497 e. The number of aliphatic hydroxyl groups excluding tert-OH is 1. The highest BCUT2D eigenvalue weighted by atomic mass is 16.5. The first kappa shape index (κ1) is 38.0. The molecule has 2 amide bonds. The van der Waals surface area contributed by atoms with Crippen LogP contribution in [0.15, 0.2) is 115 Å². The van der Waals surface area contributed by atoms with Crippen molar-refractivity contribution >= 4 is 11.8 Å². The van der Waals surface area contributed by atoms with Gasteiger partial charge < -0.3 is 25.2 Å². The molecule has 1 fully saturated rings. The lowest BCUT2D eigenvalue weighted by molar-refractivity contribution is -0.0781. The number of ketones is 1. The van der Waals surface area contributed by atoms with Gasteiger partial charge in [0.25, 0.3) is 0 Å². The monoisotopic (exact) mass is 714 g/mol. The van der Waals surface area contributed by atoms with Crippen LogP contribution >= 0.6 is 0 Å². The SMILES string of the molecule is COc1ccc(C(=O)c2cc3ccc2[C@@H]2CC[C@@](O)(CN(Cc4ccccc4)C(=O)N[C@H](C)c4ccccc4)[C@@]2(C)CCC=C(C)CC[C@H](O)C3)cc1. The normalized spacial score (nSPS) is 23.6. The number of fused-ring (bicyclic) bond motifs is 8. The summed E-state index contributed by atoms with van der Waals surface area (Å²) < 4.78 is 5.36. The summed E-state index contributed by atoms with van der Waals surface area (Å²) >= 11 is 0. The number of benzene rings is 4. The first-order valence-corrected chi connectivity index (χ1v) is 19.0. The fourth-order valence-corrected chi connectivity index (χ4v) is 8.52. The molecule has 3 aliphatic carbocycles. The summed E-state index contributed by atoms with van der Waals surface area (Å²) in [5.74, 6) is 0.414. The molecule has 0 spiro atoms. The maximum Gasteiger partial charge on any atom is 0.318 e. The van der Waals surface area contributed by atoms with E-state index in [2.05, 4.69) is 31.3 Å². The molecule has 53 heavy (non-hydrogen) atoms. The number of carbonyl (C=O) groups excluding carboxylic acids is 2. The number of urea groups is 1. The molecular formula is C46H54N2O5. The van der Waals surface area contributed by atoms with Gasteiger partial charge in [0.1, 0.15) is 5.75 Å². The number of rotatable bonds is 9. The number of aliphatic hydroxyl groups is 2. The van der Waals surface area contributed by atoms with E-state index in [1.165, 1.54) is 5.57 Å². The molecule has 1 saturated carbocycles. The molecule has 7 heteroatoms. The summed E-state index contributed by atoms with van der Waals surface area (Å²) in [7, 11) is 1.60. The van der Waals surface area contributed by atoms with Crippen LogP contribution in [0.1, 0.15) is 109 Å². The van der Waals surface area contributed by atoms with E-state index in [4.69, 9.17) is 4.74 Å². The number of methoxy groups -OCH3 is 1. The van der Waals surface area contributed by atoms with Crippen molar-refractivity contribution in [2.75, 3.05) is 13.7 Å². The van der Waals surface area contributed by atoms with Crippen molar-refractivity contribution in [3.63, 3.8) is 0 Å². The lowest BCUT2D eigenvalue weighted by Gasteiger charge is -2.46. The molecule has 7 rings (SSSR count). The Balaban J connectivity index is 1.40. The number of carbonyl (C=O) groups is 2. The van der Waals surface area contributed by atoms with Crippen LogP contribution in [0, 0.1) is 5.41 Å². The molecule has 2 bridgehead atoms. The Bertz CT molecular complexity index is 1890. The standard InChI is InChI=1S/C46H54N2O5/c1-32-12-11-26-45(3)42(40-24-18-35(28-38(49)21-17-32)29-41(40)43(50)37-19-22-39(53-4)23-20-37)25-27-46(45,52)31-48(30-34-13-7-5-8-14-34)44(51)47-33(2)36-15-9-6-10-16-36/h5-10,12-16,18-20,22-24,29,33,38,42,49,52H,11,17,21,25-28,30-31H2,1-4H3,(H,47,51)/t33-,38+,42+,45+,46-/m1/s1. The summed E-state index contributed by atoms with van der Waals surface area (Å²) in [6, 6.07) is 32.6. The molecule has 0 heterocycles. The van der Waals surface area contributed by atoms with Crippen LogP contribution in [0.2, 0.25) is 0 Å². The van der Waals surface area contributed by atoms with E-state index >= 15 is 0 Å². The molecule has 0 saturated heterocycles. The lowest BCUT2D eigenvalue weighted by Crippen LogP contribution is -2.55. The number of amides is 2. The fourth-order valence-electron chi connectivity index (χ4n) is 8.52. The predicted octanol–water partition coefficient (Wildman–Crippen LogP) is 8.94. The minimum absolute atomic E-state index is 0.0976. The van der Waals surface area contributed by atoms with Gasteiger partial charge in [-0.25, -0.2) is 4.79 Å². The minimum Gasteiger partial charge on any atom is -0.497 e. The molecule has 4 aromatic carbocycles. The van der Waals surface area contributed by atoms with Crippen LogP contribution in [-0.4, -0.2) is 52.3 Å². The van der Waals surface area contributed by atoms with Crippen molar-refractivity contribution < 1.29 is 24.5 Å². The summed E-state index contributed by atoms with van der Waals surface area (Å²) in [5.41, 5.74) is 4.21. The maximum atomic E-state index is 14.4. The van der Waals surface area contributed by atoms with Gasteiger partial charge in [-0.2, -0.15) is 0 Å². The summed E-state index contributed by atoms with van der Waals surface area (Å²) in [6.45, 7) is 6.72. The lowest BCUT2D eigenvalue weighted by atomic mass is 9.64. The van der Waals surface area contributed by atoms with Gasteiger partial charge in [0, 0.05) is 23.1 Å². The Hall–Kier alpha value is -4.72. The highest BCUT2D eigenvalue weighted by molar-refractivity contribution is 6.10. The van der Waals surface area contributed by atoms with E-state index in [0.29, 0.717) is 55.5 Å². The topological polar surface area (TPSA) is 99.1 Å². The van der Waals surface area contributed by atoms with Gasteiger partial charge in [-0.3, -0.25) is 4.79 Å². The highest BCUT2D eigenvalue weighted by Crippen LogP contribution is 2.59. The van der Waals surface area contributed by atoms with Crippen molar-refractivity contribution in [1.29, 1.82) is 0 Å². The third kappa shape index (κ3) is 8.58. The molecule has 4 aromatic rings. The number of hydrogen-bond donors (Lipinski definition) is 3. The van der Waals surface area contributed by atoms with Gasteiger partial charge in [-0.15, -0.1) is 0 Å². The molecule has 7 nitrogen and oxygen atoms in total. The van der Waals surface area contributed by atoms with Crippen LogP contribution in [-0.2, 0) is 13.0 Å². The third-order valence-electron chi connectivity index (χ3n) is 11.9. The van der Waals surface area contributed by atoms with E-state index in [1.807, 2.05) is 79.7 Å². The van der Waals surface area contributed by atoms with Crippen molar-refractivity contribution in [2.24, 2.45) is 5.41 Å². The summed E-state index contributed by atoms with van der Waals surface area (Å²) in [6.07, 6.45) is 6.08. The number of nitrogens with one attached hydrogen (secondary N) is 1. The van der Waals surface area contributed by atoms with E-state index in [-0.39, 0.29) is 30.3 Å². The first-order valence-electron chi connectivity index (χ1n) is 19.0. The number of nitrogens with zero attached hydrogens (tertiary/aromatic N) is 1. The fraction of sp³-hybridized carbons (Fsp3) is 0.391. The molecule has 5 atom stereocenters. The van der Waals surface area contributed by atoms with Crippen LogP contribution < -0.4 is 10.1 Å². The van der Waals surface area contributed by atoms with Gasteiger partial charge >= 0.3 is 6.03 Å². The van der Waals surface area contributed by atoms with E-state index in [9.17, 15) is 19.8 Å². The third-order valence-corrected chi connectivity index (χ3v) is 11.9. The van der Waals surface area contributed by atoms with Gasteiger partial charge in [-0.1, -0.05) is 91.4 Å². The molecule has 0 aromatic heterocycles. The molecular weight excluding hydrogens is 661 g/mol. The van der Waals surface area contributed by atoms with Crippen molar-refractivity contribution in [2.45, 2.75) is 95.9 Å². The van der Waals surface area contributed by atoms with Crippen LogP contribution in [0.4, 0.5) is 4.79 Å². The van der Waals surface area contributed by atoms with E-state index in [1.54, 1.807) is 36.3 Å². The van der Waals surface area contributed by atoms with Crippen molar-refractivity contribution in [1.82, 2.24) is 10.2 Å². The van der Waals surface area contributed by atoms with Crippen LogP contribution in [0.5, 0.6) is 5.75 Å². The molecule has 278 valence electrons.